The number of hydrogen-bond acceptors (Lipinski definition) is 7. The van der Waals surface area contributed by atoms with Crippen LogP contribution in [0.25, 0.3) is 0 Å². The van der Waals surface area contributed by atoms with Gasteiger partial charge < -0.3 is 14.5 Å². The third-order valence-electron chi connectivity index (χ3n) is 9.83. The Morgan fingerprint density at radius 3 is 2.40 bits per heavy atom. The second kappa shape index (κ2) is 13.7. The molecule has 3 saturated heterocycles. The van der Waals surface area contributed by atoms with Crippen LogP contribution in [0.3, 0.4) is 0 Å². The van der Waals surface area contributed by atoms with Gasteiger partial charge in [-0.2, -0.15) is 0 Å². The molecule has 0 unspecified atom stereocenters. The number of aromatic nitrogens is 2. The quantitative estimate of drug-likeness (QED) is 0.430. The Kier molecular flexibility index (Phi) is 10.2. The lowest BCUT2D eigenvalue weighted by atomic mass is 9.94. The van der Waals surface area contributed by atoms with Crippen LogP contribution in [0.15, 0.2) is 24.3 Å². The summed E-state index contributed by atoms with van der Waals surface area (Å²) in [5.74, 6) is 0.646. The van der Waals surface area contributed by atoms with Gasteiger partial charge in [0.2, 0.25) is 10.0 Å². The maximum absolute atomic E-state index is 13.7. The van der Waals surface area contributed by atoms with Crippen LogP contribution in [0.4, 0.5) is 0 Å². The first-order valence-corrected chi connectivity index (χ1v) is 17.9. The van der Waals surface area contributed by atoms with E-state index < -0.39 is 10.0 Å². The van der Waals surface area contributed by atoms with Gasteiger partial charge in [-0.1, -0.05) is 29.8 Å². The molecule has 0 N–H and O–H groups in total. The Bertz CT molecular complexity index is 1380. The molecule has 9 nitrogen and oxygen atoms in total. The first-order valence-electron chi connectivity index (χ1n) is 16.0. The molecule has 0 bridgehead atoms. The minimum absolute atomic E-state index is 0.00427. The number of carbonyl (C=O) groups excluding carboxylic acids is 1. The predicted molar refractivity (Wildman–Crippen MR) is 169 cm³/mol. The highest BCUT2D eigenvalue weighted by Gasteiger charge is 2.33. The summed E-state index contributed by atoms with van der Waals surface area (Å²) in [6.45, 7) is 9.20. The highest BCUT2D eigenvalue weighted by atomic mass is 32.2. The summed E-state index contributed by atoms with van der Waals surface area (Å²) in [6.07, 6.45) is 10.1. The Balaban J connectivity index is 1.15. The van der Waals surface area contributed by atoms with Gasteiger partial charge in [0.25, 0.3) is 5.91 Å². The van der Waals surface area contributed by atoms with Gasteiger partial charge in [0, 0.05) is 43.5 Å². The lowest BCUT2D eigenvalue weighted by Gasteiger charge is -2.43. The van der Waals surface area contributed by atoms with Crippen molar-refractivity contribution in [2.75, 3.05) is 39.5 Å². The summed E-state index contributed by atoms with van der Waals surface area (Å²) in [4.78, 5) is 27.5. The molecule has 3 aliphatic rings. The summed E-state index contributed by atoms with van der Waals surface area (Å²) in [5.41, 5.74) is 4.90. The Morgan fingerprint density at radius 2 is 1.72 bits per heavy atom. The van der Waals surface area contributed by atoms with Crippen molar-refractivity contribution in [1.82, 2.24) is 24.1 Å². The van der Waals surface area contributed by atoms with E-state index in [2.05, 4.69) is 41.1 Å². The number of piperidine rings is 2. The van der Waals surface area contributed by atoms with Gasteiger partial charge in [-0.05, 0) is 97.2 Å². The van der Waals surface area contributed by atoms with E-state index in [4.69, 9.17) is 9.72 Å². The molecule has 1 amide bonds. The van der Waals surface area contributed by atoms with E-state index in [1.54, 1.807) is 7.05 Å². The minimum atomic E-state index is -3.17. The van der Waals surface area contributed by atoms with Crippen LogP contribution in [-0.4, -0.2) is 96.1 Å². The van der Waals surface area contributed by atoms with E-state index in [0.717, 1.165) is 82.1 Å². The molecule has 5 rings (SSSR count). The zero-order valence-corrected chi connectivity index (χ0v) is 27.4. The molecule has 0 aliphatic carbocycles. The minimum Gasteiger partial charge on any atom is -0.370 e. The summed E-state index contributed by atoms with van der Waals surface area (Å²) >= 11 is 0. The van der Waals surface area contributed by atoms with Gasteiger partial charge in [0.15, 0.2) is 0 Å². The van der Waals surface area contributed by atoms with Crippen LogP contribution < -0.4 is 0 Å². The number of benzene rings is 1. The number of rotatable bonds is 8. The molecule has 4 heterocycles. The van der Waals surface area contributed by atoms with Crippen LogP contribution in [0.2, 0.25) is 0 Å². The molecular formula is C33H49N5O4S. The number of carbonyl (C=O) groups is 1. The molecule has 3 fully saturated rings. The molecule has 2 aromatic rings. The van der Waals surface area contributed by atoms with Crippen LogP contribution >= 0.6 is 0 Å². The summed E-state index contributed by atoms with van der Waals surface area (Å²) in [6, 6.07) is 9.13. The summed E-state index contributed by atoms with van der Waals surface area (Å²) in [7, 11) is -1.48. The number of amides is 1. The highest BCUT2D eigenvalue weighted by molar-refractivity contribution is 7.88. The van der Waals surface area contributed by atoms with Crippen LogP contribution in [0, 0.1) is 20.8 Å². The molecule has 0 saturated carbocycles. The zero-order chi connectivity index (χ0) is 30.7. The van der Waals surface area contributed by atoms with E-state index >= 15 is 0 Å². The normalized spacial score (nSPS) is 23.2. The molecule has 3 aliphatic heterocycles. The molecule has 1 aromatic carbocycles. The van der Waals surface area contributed by atoms with E-state index in [1.165, 1.54) is 21.7 Å². The number of aryl methyl sites for hydroxylation is 3. The molecule has 0 radical (unpaired) electrons. The topological polar surface area (TPSA) is 95.9 Å². The average Bonchev–Trinajstić information content (AvgIpc) is 3.00. The number of nitrogens with zero attached hydrogens (tertiary/aromatic N) is 5. The standard InChI is InChI=1S/C33H49N5O4S/c1-23-8-6-9-26(22-23)31-11-7-10-29(42-31)12-13-30-24(2)32(35-25(3)34-30)33(39)38-20-16-28(17-21-38)37-18-14-27(15-19-37)36(4)43(5,40)41/h6,8-9,22,27-29,31H,7,10-21H2,1-5H3/t29-,31+/m1/s1. The molecular weight excluding hydrogens is 562 g/mol. The first kappa shape index (κ1) is 32.0. The molecule has 10 heteroatoms. The van der Waals surface area contributed by atoms with Gasteiger partial charge in [0.1, 0.15) is 11.5 Å². The Labute approximate surface area is 258 Å². The zero-order valence-electron chi connectivity index (χ0n) is 26.6. The van der Waals surface area contributed by atoms with Crippen molar-refractivity contribution in [3.8, 4) is 0 Å². The lowest BCUT2D eigenvalue weighted by Crippen LogP contribution is -2.52. The number of hydrogen-bond donors (Lipinski definition) is 0. The van der Waals surface area contributed by atoms with Crippen molar-refractivity contribution in [3.05, 3.63) is 58.2 Å². The second-order valence-corrected chi connectivity index (χ2v) is 14.9. The van der Waals surface area contributed by atoms with E-state index in [1.807, 2.05) is 18.7 Å². The van der Waals surface area contributed by atoms with Crippen molar-refractivity contribution in [3.63, 3.8) is 0 Å². The van der Waals surface area contributed by atoms with Crippen molar-refractivity contribution in [2.45, 2.75) is 103 Å². The number of sulfonamides is 1. The first-order chi connectivity index (χ1) is 20.5. The Morgan fingerprint density at radius 1 is 1.00 bits per heavy atom. The third kappa shape index (κ3) is 7.82. The molecule has 2 atom stereocenters. The fourth-order valence-corrected chi connectivity index (χ4v) is 7.88. The van der Waals surface area contributed by atoms with Crippen molar-refractivity contribution in [1.29, 1.82) is 0 Å². The van der Waals surface area contributed by atoms with Gasteiger partial charge >= 0.3 is 0 Å². The van der Waals surface area contributed by atoms with Crippen LogP contribution in [0.1, 0.15) is 96.2 Å². The van der Waals surface area contributed by atoms with Crippen molar-refractivity contribution < 1.29 is 17.9 Å². The van der Waals surface area contributed by atoms with Gasteiger partial charge in [0.05, 0.1) is 18.5 Å². The van der Waals surface area contributed by atoms with Gasteiger partial charge in [-0.15, -0.1) is 0 Å². The van der Waals surface area contributed by atoms with Gasteiger partial charge in [-0.3, -0.25) is 4.79 Å². The average molecular weight is 612 g/mol. The molecule has 1 aromatic heterocycles. The largest absolute Gasteiger partial charge is 0.370 e. The molecule has 0 spiro atoms. The van der Waals surface area contributed by atoms with E-state index in [-0.39, 0.29) is 24.2 Å². The van der Waals surface area contributed by atoms with Gasteiger partial charge in [-0.25, -0.2) is 22.7 Å². The maximum Gasteiger partial charge on any atom is 0.272 e. The van der Waals surface area contributed by atoms with Crippen molar-refractivity contribution >= 4 is 15.9 Å². The van der Waals surface area contributed by atoms with Crippen molar-refractivity contribution in [2.24, 2.45) is 0 Å². The monoisotopic (exact) mass is 611 g/mol. The fraction of sp³-hybridized carbons (Fsp3) is 0.667. The third-order valence-corrected chi connectivity index (χ3v) is 11.2. The fourth-order valence-electron chi connectivity index (χ4n) is 7.13. The van der Waals surface area contributed by atoms with Crippen LogP contribution in [0.5, 0.6) is 0 Å². The number of ether oxygens (including phenoxy) is 1. The summed E-state index contributed by atoms with van der Waals surface area (Å²) < 4.78 is 31.9. The maximum atomic E-state index is 13.7. The molecule has 43 heavy (non-hydrogen) atoms. The second-order valence-electron chi connectivity index (χ2n) is 12.9. The van der Waals surface area contributed by atoms with E-state index in [9.17, 15) is 13.2 Å². The SMILES string of the molecule is Cc1cccc([C@@H]2CCC[C@H](CCc3nc(C)nc(C(=O)N4CCC(N5CCC(N(C)S(C)(=O)=O)CC5)CC4)c3C)O2)c1. The molecule has 236 valence electrons. The summed E-state index contributed by atoms with van der Waals surface area (Å²) in [5, 5.41) is 0. The lowest BCUT2D eigenvalue weighted by molar-refractivity contribution is -0.0547. The van der Waals surface area contributed by atoms with E-state index in [0.29, 0.717) is 30.6 Å². The van der Waals surface area contributed by atoms with Crippen LogP contribution in [-0.2, 0) is 21.2 Å². The highest BCUT2D eigenvalue weighted by Crippen LogP contribution is 2.33. The predicted octanol–water partition coefficient (Wildman–Crippen LogP) is 4.61. The smallest absolute Gasteiger partial charge is 0.272 e. The number of likely N-dealkylation sites (tertiary alicyclic amines) is 2. The Hall–Kier alpha value is -2.40.